The Morgan fingerprint density at radius 1 is 1.19 bits per heavy atom. The van der Waals surface area contributed by atoms with Gasteiger partial charge in [0.2, 0.25) is 0 Å². The molecule has 1 atom stereocenters. The first-order valence-electron chi connectivity index (χ1n) is 6.03. The van der Waals surface area contributed by atoms with Gasteiger partial charge in [-0.25, -0.2) is 4.39 Å². The van der Waals surface area contributed by atoms with E-state index in [1.165, 1.54) is 0 Å². The van der Waals surface area contributed by atoms with Gasteiger partial charge in [-0.1, -0.05) is 32.8 Å². The van der Waals surface area contributed by atoms with Crippen LogP contribution in [0.1, 0.15) is 49.4 Å². The van der Waals surface area contributed by atoms with Crippen LogP contribution >= 0.6 is 0 Å². The molecule has 0 fully saturated rings. The van der Waals surface area contributed by atoms with Crippen molar-refractivity contribution in [2.45, 2.75) is 46.6 Å². The lowest BCUT2D eigenvalue weighted by Crippen LogP contribution is -2.22. The molecule has 0 bridgehead atoms. The van der Waals surface area contributed by atoms with Crippen LogP contribution in [0.3, 0.4) is 0 Å². The third kappa shape index (κ3) is 2.62. The van der Waals surface area contributed by atoms with Crippen LogP contribution in [0.25, 0.3) is 0 Å². The third-order valence-corrected chi connectivity index (χ3v) is 3.37. The van der Waals surface area contributed by atoms with Gasteiger partial charge in [0.15, 0.2) is 0 Å². The fourth-order valence-electron chi connectivity index (χ4n) is 2.38. The minimum Gasteiger partial charge on any atom is -0.324 e. The van der Waals surface area contributed by atoms with Crippen LogP contribution in [-0.2, 0) is 0 Å². The second kappa shape index (κ2) is 5.44. The van der Waals surface area contributed by atoms with E-state index in [-0.39, 0.29) is 11.9 Å². The van der Waals surface area contributed by atoms with Gasteiger partial charge in [0.05, 0.1) is 0 Å². The lowest BCUT2D eigenvalue weighted by molar-refractivity contribution is 0.392. The summed E-state index contributed by atoms with van der Waals surface area (Å²) in [5, 5.41) is 0. The van der Waals surface area contributed by atoms with Crippen molar-refractivity contribution in [3.8, 4) is 0 Å². The minimum absolute atomic E-state index is 0.156. The van der Waals surface area contributed by atoms with Crippen molar-refractivity contribution in [3.63, 3.8) is 0 Å². The first-order valence-corrected chi connectivity index (χ1v) is 6.03. The van der Waals surface area contributed by atoms with Crippen LogP contribution in [0.5, 0.6) is 0 Å². The first-order chi connectivity index (χ1) is 7.51. The lowest BCUT2D eigenvalue weighted by Gasteiger charge is -2.24. The molecule has 0 aromatic heterocycles. The quantitative estimate of drug-likeness (QED) is 0.823. The van der Waals surface area contributed by atoms with Gasteiger partial charge in [-0.05, 0) is 37.0 Å². The van der Waals surface area contributed by atoms with Crippen LogP contribution in [0.2, 0.25) is 0 Å². The molecule has 0 saturated heterocycles. The molecule has 16 heavy (non-hydrogen) atoms. The average Bonchev–Trinajstić information content (AvgIpc) is 2.17. The van der Waals surface area contributed by atoms with E-state index >= 15 is 0 Å². The molecular weight excluding hydrogens is 201 g/mol. The van der Waals surface area contributed by atoms with Crippen LogP contribution in [-0.4, -0.2) is 0 Å². The summed E-state index contributed by atoms with van der Waals surface area (Å²) >= 11 is 0. The smallest absolute Gasteiger partial charge is 0.128 e. The number of aryl methyl sites for hydroxylation is 2. The number of rotatable bonds is 4. The molecule has 1 nitrogen and oxygen atoms in total. The molecular formula is C14H22FN. The summed E-state index contributed by atoms with van der Waals surface area (Å²) in [5.74, 6) is 0.202. The fraction of sp³-hybridized carbons (Fsp3) is 0.571. The molecule has 0 spiro atoms. The summed E-state index contributed by atoms with van der Waals surface area (Å²) in [5.41, 5.74) is 8.79. The van der Waals surface area contributed by atoms with Crippen molar-refractivity contribution in [3.05, 3.63) is 34.6 Å². The number of benzene rings is 1. The Balaban J connectivity index is 3.12. The van der Waals surface area contributed by atoms with Gasteiger partial charge in [0.1, 0.15) is 5.82 Å². The summed E-state index contributed by atoms with van der Waals surface area (Å²) in [6.45, 7) is 8.06. The van der Waals surface area contributed by atoms with Crippen LogP contribution in [0, 0.1) is 25.6 Å². The van der Waals surface area contributed by atoms with Crippen LogP contribution < -0.4 is 5.73 Å². The van der Waals surface area contributed by atoms with Gasteiger partial charge in [-0.15, -0.1) is 0 Å². The second-order valence-electron chi connectivity index (χ2n) is 4.58. The maximum Gasteiger partial charge on any atom is 0.128 e. The Labute approximate surface area is 97.9 Å². The molecule has 0 heterocycles. The van der Waals surface area contributed by atoms with Gasteiger partial charge >= 0.3 is 0 Å². The molecule has 0 amide bonds. The van der Waals surface area contributed by atoms with Crippen LogP contribution in [0.4, 0.5) is 4.39 Å². The average molecular weight is 223 g/mol. The number of hydrogen-bond acceptors (Lipinski definition) is 1. The topological polar surface area (TPSA) is 26.0 Å². The van der Waals surface area contributed by atoms with E-state index in [1.54, 1.807) is 6.07 Å². The summed E-state index contributed by atoms with van der Waals surface area (Å²) < 4.78 is 13.9. The zero-order chi connectivity index (χ0) is 12.3. The molecule has 2 N–H and O–H groups in total. The predicted molar refractivity (Wildman–Crippen MR) is 66.9 cm³/mol. The summed E-state index contributed by atoms with van der Waals surface area (Å²) in [7, 11) is 0. The molecule has 1 aromatic rings. The highest BCUT2D eigenvalue weighted by atomic mass is 19.1. The molecule has 0 radical (unpaired) electrons. The van der Waals surface area contributed by atoms with Gasteiger partial charge in [0.25, 0.3) is 0 Å². The molecule has 0 aliphatic heterocycles. The van der Waals surface area contributed by atoms with E-state index in [4.69, 9.17) is 5.73 Å². The maximum absolute atomic E-state index is 13.9. The summed E-state index contributed by atoms with van der Waals surface area (Å²) in [6, 6.07) is 3.39. The van der Waals surface area contributed by atoms with E-state index in [0.717, 1.165) is 24.0 Å². The zero-order valence-corrected chi connectivity index (χ0v) is 10.7. The minimum atomic E-state index is -0.185. The van der Waals surface area contributed by atoms with Crippen molar-refractivity contribution >= 4 is 0 Å². The van der Waals surface area contributed by atoms with E-state index in [1.807, 2.05) is 19.9 Å². The number of halogens is 1. The van der Waals surface area contributed by atoms with Gasteiger partial charge < -0.3 is 5.73 Å². The largest absolute Gasteiger partial charge is 0.324 e. The maximum atomic E-state index is 13.9. The van der Waals surface area contributed by atoms with Crippen molar-refractivity contribution in [1.82, 2.24) is 0 Å². The highest BCUT2D eigenvalue weighted by Gasteiger charge is 2.21. The van der Waals surface area contributed by atoms with Crippen LogP contribution in [0.15, 0.2) is 12.1 Å². The van der Waals surface area contributed by atoms with Crippen molar-refractivity contribution < 1.29 is 4.39 Å². The Hall–Kier alpha value is -0.890. The molecule has 2 heteroatoms. The lowest BCUT2D eigenvalue weighted by atomic mass is 9.86. The van der Waals surface area contributed by atoms with Gasteiger partial charge in [-0.3, -0.25) is 0 Å². The Kier molecular flexibility index (Phi) is 4.48. The monoisotopic (exact) mass is 223 g/mol. The Bertz CT molecular complexity index is 333. The fourth-order valence-corrected chi connectivity index (χ4v) is 2.38. The highest BCUT2D eigenvalue weighted by Crippen LogP contribution is 2.29. The normalized spacial score (nSPS) is 13.2. The Morgan fingerprint density at radius 2 is 1.75 bits per heavy atom. The van der Waals surface area contributed by atoms with Gasteiger partial charge in [0, 0.05) is 11.6 Å². The van der Waals surface area contributed by atoms with E-state index < -0.39 is 0 Å². The molecule has 1 aromatic carbocycles. The van der Waals surface area contributed by atoms with E-state index in [2.05, 4.69) is 13.8 Å². The molecule has 0 aliphatic rings. The molecule has 90 valence electrons. The van der Waals surface area contributed by atoms with Crippen molar-refractivity contribution in [2.24, 2.45) is 11.7 Å². The first kappa shape index (κ1) is 13.2. The predicted octanol–water partition coefficient (Wildman–Crippen LogP) is 3.88. The molecule has 0 aliphatic carbocycles. The van der Waals surface area contributed by atoms with Crippen molar-refractivity contribution in [2.75, 3.05) is 0 Å². The SMILES string of the molecule is CCC(CC)C(N)c1c(C)cc(C)cc1F. The molecule has 1 unspecified atom stereocenters. The van der Waals surface area contributed by atoms with E-state index in [9.17, 15) is 4.39 Å². The second-order valence-corrected chi connectivity index (χ2v) is 4.58. The van der Waals surface area contributed by atoms with Gasteiger partial charge in [-0.2, -0.15) is 0 Å². The molecule has 1 rings (SSSR count). The zero-order valence-electron chi connectivity index (χ0n) is 10.7. The summed E-state index contributed by atoms with van der Waals surface area (Å²) in [4.78, 5) is 0. The Morgan fingerprint density at radius 3 is 2.19 bits per heavy atom. The number of hydrogen-bond donors (Lipinski definition) is 1. The molecule has 0 saturated carbocycles. The summed E-state index contributed by atoms with van der Waals surface area (Å²) in [6.07, 6.45) is 1.98. The van der Waals surface area contributed by atoms with E-state index in [0.29, 0.717) is 11.5 Å². The third-order valence-electron chi connectivity index (χ3n) is 3.37. The standard InChI is InChI=1S/C14H22FN/c1-5-11(6-2)14(16)13-10(4)7-9(3)8-12(13)15/h7-8,11,14H,5-6,16H2,1-4H3. The number of nitrogens with two attached hydrogens (primary N) is 1. The van der Waals surface area contributed by atoms with Crippen molar-refractivity contribution in [1.29, 1.82) is 0 Å². The highest BCUT2D eigenvalue weighted by molar-refractivity contribution is 5.34.